The van der Waals surface area contributed by atoms with Gasteiger partial charge in [-0.1, -0.05) is 25.6 Å². The Labute approximate surface area is 163 Å². The molecular weight excluding hydrogens is 352 g/mol. The molecule has 4 rings (SSSR count). The highest BCUT2D eigenvalue weighted by Gasteiger charge is 2.31. The van der Waals surface area contributed by atoms with Gasteiger partial charge in [0.25, 0.3) is 0 Å². The Balaban J connectivity index is 1.79. The summed E-state index contributed by atoms with van der Waals surface area (Å²) in [6.07, 6.45) is 6.94. The van der Waals surface area contributed by atoms with Crippen LogP contribution in [0.2, 0.25) is 19.6 Å². The van der Waals surface area contributed by atoms with E-state index >= 15 is 0 Å². The largest absolute Gasteiger partial charge is 0.458 e. The van der Waals surface area contributed by atoms with Crippen LogP contribution < -0.4 is 0 Å². The molecule has 0 aliphatic carbocycles. The Bertz CT molecular complexity index is 853. The van der Waals surface area contributed by atoms with Gasteiger partial charge in [0.15, 0.2) is 0 Å². The molecule has 2 aliphatic heterocycles. The average molecular weight is 383 g/mol. The van der Waals surface area contributed by atoms with Crippen molar-refractivity contribution < 1.29 is 13.9 Å². The molecule has 4 heteroatoms. The normalized spacial score (nSPS) is 23.8. The molecule has 2 fully saturated rings. The molecule has 0 N–H and O–H groups in total. The molecule has 2 unspecified atom stereocenters. The van der Waals surface area contributed by atoms with Crippen molar-refractivity contribution in [2.45, 2.75) is 70.4 Å². The molecule has 1 aromatic heterocycles. The minimum atomic E-state index is -1.40. The quantitative estimate of drug-likeness (QED) is 0.461. The van der Waals surface area contributed by atoms with Gasteiger partial charge in [-0.25, -0.2) is 0 Å². The lowest BCUT2D eigenvalue weighted by molar-refractivity contribution is -0.00944. The molecule has 27 heavy (non-hydrogen) atoms. The Morgan fingerprint density at radius 1 is 0.926 bits per heavy atom. The van der Waals surface area contributed by atoms with Gasteiger partial charge in [0.1, 0.15) is 25.5 Å². The molecule has 2 aliphatic rings. The zero-order valence-corrected chi connectivity index (χ0v) is 17.8. The van der Waals surface area contributed by atoms with Crippen LogP contribution in [0.5, 0.6) is 0 Å². The summed E-state index contributed by atoms with van der Waals surface area (Å²) in [5, 5.41) is 1.16. The van der Waals surface area contributed by atoms with E-state index in [4.69, 9.17) is 13.9 Å². The van der Waals surface area contributed by atoms with E-state index in [1.165, 1.54) is 18.4 Å². The van der Waals surface area contributed by atoms with E-state index in [2.05, 4.69) is 49.3 Å². The molecule has 3 heterocycles. The van der Waals surface area contributed by atoms with Crippen molar-refractivity contribution >= 4 is 19.0 Å². The standard InChI is InChI=1S/C23H30O3Si/c1-27(2,3)15-12-17-10-11-19-18(16-17)22(20-8-4-6-13-24-20)23(26-19)21-9-5-7-14-25-21/h10-11,16,20-21H,4-9,13-14H2,1-3H3. The highest BCUT2D eigenvalue weighted by Crippen LogP contribution is 2.43. The van der Waals surface area contributed by atoms with Crippen molar-refractivity contribution in [3.8, 4) is 11.5 Å². The van der Waals surface area contributed by atoms with Gasteiger partial charge in [-0.05, 0) is 56.7 Å². The molecule has 2 saturated heterocycles. The number of fused-ring (bicyclic) bond motifs is 1. The van der Waals surface area contributed by atoms with Crippen LogP contribution >= 0.6 is 0 Å². The van der Waals surface area contributed by atoms with E-state index in [0.717, 1.165) is 61.2 Å². The fourth-order valence-electron chi connectivity index (χ4n) is 3.96. The van der Waals surface area contributed by atoms with Crippen molar-refractivity contribution in [2.75, 3.05) is 13.2 Å². The van der Waals surface area contributed by atoms with Crippen molar-refractivity contribution in [1.29, 1.82) is 0 Å². The maximum atomic E-state index is 6.35. The summed E-state index contributed by atoms with van der Waals surface area (Å²) in [6, 6.07) is 6.35. The second-order valence-electron chi connectivity index (χ2n) is 8.80. The van der Waals surface area contributed by atoms with Crippen LogP contribution in [0.15, 0.2) is 22.6 Å². The second kappa shape index (κ2) is 7.83. The van der Waals surface area contributed by atoms with E-state index in [1.54, 1.807) is 0 Å². The third-order valence-corrected chi connectivity index (χ3v) is 6.19. The second-order valence-corrected chi connectivity index (χ2v) is 13.6. The van der Waals surface area contributed by atoms with Gasteiger partial charge in [0.05, 0.1) is 6.10 Å². The minimum Gasteiger partial charge on any atom is -0.458 e. The van der Waals surface area contributed by atoms with Crippen molar-refractivity contribution in [1.82, 2.24) is 0 Å². The Kier molecular flexibility index (Phi) is 5.45. The summed E-state index contributed by atoms with van der Waals surface area (Å²) in [5.74, 6) is 4.39. The average Bonchev–Trinajstić information content (AvgIpc) is 3.06. The zero-order chi connectivity index (χ0) is 18.9. The smallest absolute Gasteiger partial charge is 0.139 e. The number of ether oxygens (including phenoxy) is 2. The lowest BCUT2D eigenvalue weighted by atomic mass is 9.94. The summed E-state index contributed by atoms with van der Waals surface area (Å²) in [7, 11) is -1.40. The highest BCUT2D eigenvalue weighted by molar-refractivity contribution is 6.83. The molecule has 144 valence electrons. The molecule has 3 nitrogen and oxygen atoms in total. The van der Waals surface area contributed by atoms with Gasteiger partial charge in [0.2, 0.25) is 0 Å². The highest BCUT2D eigenvalue weighted by atomic mass is 28.3. The lowest BCUT2D eigenvalue weighted by Gasteiger charge is -2.26. The molecule has 2 atom stereocenters. The van der Waals surface area contributed by atoms with Gasteiger partial charge >= 0.3 is 0 Å². The Hall–Kier alpha value is -1.54. The predicted octanol–water partition coefficient (Wildman–Crippen LogP) is 6.14. The predicted molar refractivity (Wildman–Crippen MR) is 112 cm³/mol. The number of benzene rings is 1. The minimum absolute atomic E-state index is 0.0585. The van der Waals surface area contributed by atoms with Crippen LogP contribution in [-0.2, 0) is 9.47 Å². The number of hydrogen-bond acceptors (Lipinski definition) is 3. The molecular formula is C23H30O3Si. The Morgan fingerprint density at radius 2 is 1.63 bits per heavy atom. The van der Waals surface area contributed by atoms with Gasteiger partial charge < -0.3 is 13.9 Å². The van der Waals surface area contributed by atoms with Crippen LogP contribution in [0.1, 0.15) is 67.6 Å². The van der Waals surface area contributed by atoms with E-state index in [-0.39, 0.29) is 12.2 Å². The van der Waals surface area contributed by atoms with E-state index in [9.17, 15) is 0 Å². The fourth-order valence-corrected chi connectivity index (χ4v) is 4.48. The first-order valence-electron chi connectivity index (χ1n) is 10.3. The molecule has 0 amide bonds. The first-order chi connectivity index (χ1) is 13.0. The molecule has 0 saturated carbocycles. The van der Waals surface area contributed by atoms with Crippen molar-refractivity contribution in [3.63, 3.8) is 0 Å². The van der Waals surface area contributed by atoms with Gasteiger partial charge in [-0.2, -0.15) is 0 Å². The number of hydrogen-bond donors (Lipinski definition) is 0. The molecule has 0 bridgehead atoms. The van der Waals surface area contributed by atoms with E-state index in [1.807, 2.05) is 0 Å². The molecule has 2 aromatic rings. The Morgan fingerprint density at radius 3 is 2.26 bits per heavy atom. The van der Waals surface area contributed by atoms with Gasteiger partial charge in [-0.3, -0.25) is 0 Å². The van der Waals surface area contributed by atoms with Gasteiger partial charge in [-0.15, -0.1) is 5.54 Å². The molecule has 0 spiro atoms. The topological polar surface area (TPSA) is 31.6 Å². The third kappa shape index (κ3) is 4.32. The lowest BCUT2D eigenvalue weighted by Crippen LogP contribution is -2.17. The van der Waals surface area contributed by atoms with Crippen LogP contribution in [0.4, 0.5) is 0 Å². The van der Waals surface area contributed by atoms with Crippen LogP contribution in [-0.4, -0.2) is 21.3 Å². The maximum absolute atomic E-state index is 6.35. The number of furan rings is 1. The first kappa shape index (κ1) is 18.8. The SMILES string of the molecule is C[Si](C)(C)C#Cc1ccc2oc(C3CCCCO3)c(C3CCCCO3)c2c1. The van der Waals surface area contributed by atoms with Crippen molar-refractivity contribution in [3.05, 3.63) is 35.1 Å². The fraction of sp³-hybridized carbons (Fsp3) is 0.565. The summed E-state index contributed by atoms with van der Waals surface area (Å²) in [6.45, 7) is 8.47. The van der Waals surface area contributed by atoms with E-state index in [0.29, 0.717) is 0 Å². The summed E-state index contributed by atoms with van der Waals surface area (Å²) < 4.78 is 18.6. The van der Waals surface area contributed by atoms with Gasteiger partial charge in [0, 0.05) is 29.7 Å². The first-order valence-corrected chi connectivity index (χ1v) is 13.8. The monoisotopic (exact) mass is 382 g/mol. The molecule has 0 radical (unpaired) electrons. The summed E-state index contributed by atoms with van der Waals surface area (Å²) in [4.78, 5) is 0. The van der Waals surface area contributed by atoms with E-state index < -0.39 is 8.07 Å². The van der Waals surface area contributed by atoms with Crippen LogP contribution in [0.3, 0.4) is 0 Å². The summed E-state index contributed by atoms with van der Waals surface area (Å²) in [5.41, 5.74) is 6.69. The molecule has 1 aromatic carbocycles. The third-order valence-electron chi connectivity index (χ3n) is 5.31. The zero-order valence-electron chi connectivity index (χ0n) is 16.8. The van der Waals surface area contributed by atoms with Crippen LogP contribution in [0.25, 0.3) is 11.0 Å². The number of rotatable bonds is 2. The van der Waals surface area contributed by atoms with Crippen molar-refractivity contribution in [2.24, 2.45) is 0 Å². The van der Waals surface area contributed by atoms with Crippen LogP contribution in [0, 0.1) is 11.5 Å². The maximum Gasteiger partial charge on any atom is 0.139 e. The summed E-state index contributed by atoms with van der Waals surface area (Å²) >= 11 is 0.